The van der Waals surface area contributed by atoms with Gasteiger partial charge in [-0.2, -0.15) is 0 Å². The summed E-state index contributed by atoms with van der Waals surface area (Å²) < 4.78 is 41.3. The maximum absolute atomic E-state index is 6.98. The van der Waals surface area contributed by atoms with Crippen LogP contribution in [0.2, 0.25) is 0 Å². The van der Waals surface area contributed by atoms with Gasteiger partial charge in [-0.1, -0.05) is 24.3 Å². The highest BCUT2D eigenvalue weighted by atomic mass is 16.8. The van der Waals surface area contributed by atoms with E-state index in [-0.39, 0.29) is 13.6 Å². The van der Waals surface area contributed by atoms with Crippen molar-refractivity contribution in [3.8, 4) is 11.5 Å². The normalized spacial score (nSPS) is 25.5. The average Bonchev–Trinajstić information content (AvgIpc) is 2.88. The van der Waals surface area contributed by atoms with E-state index in [1.807, 2.05) is 48.5 Å². The Morgan fingerprint density at radius 1 is 0.697 bits per heavy atom. The van der Waals surface area contributed by atoms with E-state index in [0.717, 1.165) is 49.7 Å². The van der Waals surface area contributed by atoms with Crippen LogP contribution >= 0.6 is 0 Å². The van der Waals surface area contributed by atoms with Gasteiger partial charge < -0.3 is 33.2 Å². The van der Waals surface area contributed by atoms with Crippen LogP contribution in [0.3, 0.4) is 0 Å². The third-order valence-electron chi connectivity index (χ3n) is 6.04. The van der Waals surface area contributed by atoms with Gasteiger partial charge in [-0.15, -0.1) is 0 Å². The smallest absolute Gasteiger partial charge is 0.198 e. The number of rotatable bonds is 10. The maximum atomic E-state index is 6.98. The molecule has 0 amide bonds. The highest BCUT2D eigenvalue weighted by molar-refractivity contribution is 5.34. The zero-order valence-electron chi connectivity index (χ0n) is 19.5. The number of methoxy groups -OCH3 is 2. The second-order valence-electron chi connectivity index (χ2n) is 8.38. The molecule has 2 heterocycles. The van der Waals surface area contributed by atoms with Gasteiger partial charge in [0.1, 0.15) is 11.5 Å². The van der Waals surface area contributed by atoms with E-state index < -0.39 is 11.6 Å². The van der Waals surface area contributed by atoms with Crippen LogP contribution in [0.4, 0.5) is 0 Å². The number of ether oxygens (including phenoxy) is 7. The Morgan fingerprint density at radius 3 is 1.58 bits per heavy atom. The van der Waals surface area contributed by atoms with Crippen molar-refractivity contribution in [1.82, 2.24) is 0 Å². The Labute approximate surface area is 195 Å². The van der Waals surface area contributed by atoms with Crippen LogP contribution in [0.5, 0.6) is 11.5 Å². The van der Waals surface area contributed by atoms with Gasteiger partial charge in [-0.05, 0) is 49.9 Å². The van der Waals surface area contributed by atoms with Gasteiger partial charge in [0.15, 0.2) is 25.2 Å². The van der Waals surface area contributed by atoms with Gasteiger partial charge in [-0.3, -0.25) is 0 Å². The van der Waals surface area contributed by atoms with Gasteiger partial charge >= 0.3 is 0 Å². The molecule has 0 spiro atoms. The number of benzene rings is 2. The van der Waals surface area contributed by atoms with Crippen LogP contribution in [-0.4, -0.2) is 41.0 Å². The molecule has 0 bridgehead atoms. The minimum absolute atomic E-state index is 0.180. The van der Waals surface area contributed by atoms with Crippen molar-refractivity contribution in [1.29, 1.82) is 0 Å². The minimum atomic E-state index is -0.939. The van der Waals surface area contributed by atoms with Gasteiger partial charge in [0.05, 0.1) is 13.2 Å². The van der Waals surface area contributed by atoms with Crippen molar-refractivity contribution in [2.75, 3.05) is 41.0 Å². The summed E-state index contributed by atoms with van der Waals surface area (Å²) in [6.07, 6.45) is 5.45. The van der Waals surface area contributed by atoms with Gasteiger partial charge in [0.2, 0.25) is 0 Å². The molecule has 7 nitrogen and oxygen atoms in total. The van der Waals surface area contributed by atoms with Crippen molar-refractivity contribution in [3.63, 3.8) is 0 Å². The predicted octanol–water partition coefficient (Wildman–Crippen LogP) is 5.08. The van der Waals surface area contributed by atoms with E-state index >= 15 is 0 Å². The molecule has 2 aromatic carbocycles. The fourth-order valence-corrected chi connectivity index (χ4v) is 4.44. The average molecular weight is 459 g/mol. The summed E-state index contributed by atoms with van der Waals surface area (Å²) in [6, 6.07) is 15.7. The molecule has 0 aromatic heterocycles. The molecule has 0 saturated carbocycles. The Hall–Kier alpha value is -2.16. The first-order chi connectivity index (χ1) is 16.2. The first kappa shape index (κ1) is 24.0. The van der Waals surface area contributed by atoms with Crippen molar-refractivity contribution in [2.24, 2.45) is 0 Å². The summed E-state index contributed by atoms with van der Waals surface area (Å²) in [5.74, 6) is -0.461. The van der Waals surface area contributed by atoms with E-state index in [2.05, 4.69) is 0 Å². The van der Waals surface area contributed by atoms with Crippen LogP contribution < -0.4 is 9.47 Å². The Bertz CT molecular complexity index is 801. The molecule has 2 atom stereocenters. The third-order valence-corrected chi connectivity index (χ3v) is 6.04. The molecule has 2 aliphatic heterocycles. The second kappa shape index (κ2) is 11.3. The van der Waals surface area contributed by atoms with Crippen molar-refractivity contribution >= 4 is 0 Å². The first-order valence-corrected chi connectivity index (χ1v) is 11.6. The number of hydrogen-bond donors (Lipinski definition) is 0. The predicted molar refractivity (Wildman–Crippen MR) is 122 cm³/mol. The topological polar surface area (TPSA) is 64.6 Å². The fourth-order valence-electron chi connectivity index (χ4n) is 4.44. The third kappa shape index (κ3) is 5.67. The van der Waals surface area contributed by atoms with Crippen LogP contribution in [0.25, 0.3) is 0 Å². The van der Waals surface area contributed by atoms with Crippen molar-refractivity contribution in [3.05, 3.63) is 59.7 Å². The highest BCUT2D eigenvalue weighted by Gasteiger charge is 2.48. The largest absolute Gasteiger partial charge is 0.468 e. The quantitative estimate of drug-likeness (QED) is 0.460. The van der Waals surface area contributed by atoms with Gasteiger partial charge in [0.25, 0.3) is 0 Å². The minimum Gasteiger partial charge on any atom is -0.468 e. The van der Waals surface area contributed by atoms with Gasteiger partial charge in [-0.25, -0.2) is 0 Å². The van der Waals surface area contributed by atoms with E-state index in [0.29, 0.717) is 24.7 Å². The monoisotopic (exact) mass is 458 g/mol. The lowest BCUT2D eigenvalue weighted by molar-refractivity contribution is -0.392. The van der Waals surface area contributed by atoms with Crippen LogP contribution in [0, 0.1) is 0 Å². The Kier molecular flexibility index (Phi) is 8.22. The molecule has 33 heavy (non-hydrogen) atoms. The molecule has 2 aliphatic rings. The zero-order valence-corrected chi connectivity index (χ0v) is 19.5. The number of hydrogen-bond acceptors (Lipinski definition) is 7. The van der Waals surface area contributed by atoms with Crippen LogP contribution in [-0.2, 0) is 35.3 Å². The summed E-state index contributed by atoms with van der Waals surface area (Å²) in [4.78, 5) is 0. The van der Waals surface area contributed by atoms with E-state index in [9.17, 15) is 0 Å². The SMILES string of the molecule is COCOc1cccc(C2(OC3(c4cccc(OCOC)c4)CCCCO3)CCCCO2)c1. The summed E-state index contributed by atoms with van der Waals surface area (Å²) in [5.41, 5.74) is 1.83. The molecular formula is C26H34O7. The molecule has 2 fully saturated rings. The molecule has 2 aromatic rings. The molecule has 2 unspecified atom stereocenters. The standard InChI is InChI=1S/C26H34O7/c1-27-19-29-23-11-7-9-21(17-23)25(13-3-5-15-31-25)33-26(14-4-6-16-32-26)22-10-8-12-24(18-22)30-20-28-2/h7-12,17-18H,3-6,13-16,19-20H2,1-2H3. The zero-order chi connectivity index (χ0) is 23.0. The van der Waals surface area contributed by atoms with Crippen LogP contribution in [0.15, 0.2) is 48.5 Å². The summed E-state index contributed by atoms with van der Waals surface area (Å²) >= 11 is 0. The van der Waals surface area contributed by atoms with E-state index in [1.165, 1.54) is 0 Å². The second-order valence-corrected chi connectivity index (χ2v) is 8.38. The molecule has 180 valence electrons. The highest BCUT2D eigenvalue weighted by Crippen LogP contribution is 2.47. The summed E-state index contributed by atoms with van der Waals surface area (Å²) in [6.45, 7) is 1.60. The molecular weight excluding hydrogens is 424 g/mol. The molecule has 0 N–H and O–H groups in total. The molecule has 0 radical (unpaired) electrons. The summed E-state index contributed by atoms with van der Waals surface area (Å²) in [5, 5.41) is 0. The fraction of sp³-hybridized carbons (Fsp3) is 0.538. The summed E-state index contributed by atoms with van der Waals surface area (Å²) in [7, 11) is 3.21. The lowest BCUT2D eigenvalue weighted by Crippen LogP contribution is -2.47. The lowest BCUT2D eigenvalue weighted by atomic mass is 9.93. The van der Waals surface area contributed by atoms with Gasteiger partial charge in [0, 0.05) is 38.2 Å². The lowest BCUT2D eigenvalue weighted by Gasteiger charge is -2.47. The maximum Gasteiger partial charge on any atom is 0.198 e. The first-order valence-electron chi connectivity index (χ1n) is 11.6. The molecule has 2 saturated heterocycles. The molecule has 7 heteroatoms. The molecule has 4 rings (SSSR count). The van der Waals surface area contributed by atoms with E-state index in [4.69, 9.17) is 33.2 Å². The molecule has 0 aliphatic carbocycles. The van der Waals surface area contributed by atoms with E-state index in [1.54, 1.807) is 14.2 Å². The Balaban J connectivity index is 1.70. The van der Waals surface area contributed by atoms with Crippen molar-refractivity contribution in [2.45, 2.75) is 50.1 Å². The van der Waals surface area contributed by atoms with Crippen LogP contribution in [0.1, 0.15) is 49.7 Å². The Morgan fingerprint density at radius 2 is 1.18 bits per heavy atom. The van der Waals surface area contributed by atoms with Crippen molar-refractivity contribution < 1.29 is 33.2 Å².